The monoisotopic (exact) mass is 440 g/mol. The second-order valence-electron chi connectivity index (χ2n) is 8.37. The Morgan fingerprint density at radius 2 is 1.79 bits per heavy atom. The molecular formula is C27H28N4O2. The average molecular weight is 441 g/mol. The Morgan fingerprint density at radius 1 is 1.09 bits per heavy atom. The standard InChI is InChI=1S/C27H28N4O2/c1-5-10-17(2)15-23(28)29-26(32)24-19-12-6-7-13-20(19)27(33)31(4)25(24)21-16-30(3)22-14-9-8-11-18(21)22/h5-16,24-25H,1,28H2,2-4H3,(H,29,32)/b17-10-,23-15+. The first-order valence-electron chi connectivity index (χ1n) is 10.8. The Hall–Kier alpha value is -4.06. The van der Waals surface area contributed by atoms with Crippen molar-refractivity contribution in [1.29, 1.82) is 0 Å². The van der Waals surface area contributed by atoms with E-state index in [9.17, 15) is 9.59 Å². The lowest BCUT2D eigenvalue weighted by molar-refractivity contribution is -0.123. The maximum Gasteiger partial charge on any atom is 0.254 e. The van der Waals surface area contributed by atoms with E-state index in [4.69, 9.17) is 5.73 Å². The summed E-state index contributed by atoms with van der Waals surface area (Å²) in [5.41, 5.74) is 10.2. The van der Waals surface area contributed by atoms with Crippen molar-refractivity contribution in [2.45, 2.75) is 18.9 Å². The first-order valence-corrected chi connectivity index (χ1v) is 10.8. The van der Waals surface area contributed by atoms with Gasteiger partial charge in [0.2, 0.25) is 5.91 Å². The van der Waals surface area contributed by atoms with Gasteiger partial charge in [-0.05, 0) is 36.3 Å². The molecule has 2 heterocycles. The SMILES string of the molecule is C=C/C=C(C)\C=C(/N)NC(=O)C1c2ccccc2C(=O)N(C)C1c1cn(C)c2ccccc12. The fraction of sp³-hybridized carbons (Fsp3) is 0.185. The second kappa shape index (κ2) is 8.82. The molecule has 3 N–H and O–H groups in total. The molecule has 2 unspecified atom stereocenters. The summed E-state index contributed by atoms with van der Waals surface area (Å²) in [4.78, 5) is 28.6. The number of likely N-dealkylation sites (N-methyl/N-ethyl adjacent to an activating group) is 1. The van der Waals surface area contributed by atoms with Gasteiger partial charge in [-0.3, -0.25) is 9.59 Å². The minimum atomic E-state index is -0.634. The molecule has 1 aromatic heterocycles. The Kier molecular flexibility index (Phi) is 5.92. The molecule has 0 aliphatic carbocycles. The molecule has 1 aliphatic rings. The van der Waals surface area contributed by atoms with Crippen LogP contribution in [0.25, 0.3) is 10.9 Å². The smallest absolute Gasteiger partial charge is 0.254 e. The van der Waals surface area contributed by atoms with Crippen molar-refractivity contribution < 1.29 is 9.59 Å². The zero-order valence-corrected chi connectivity index (χ0v) is 19.1. The first-order chi connectivity index (χ1) is 15.8. The van der Waals surface area contributed by atoms with Crippen LogP contribution in [0.5, 0.6) is 0 Å². The van der Waals surface area contributed by atoms with Crippen molar-refractivity contribution in [3.8, 4) is 0 Å². The fourth-order valence-corrected chi connectivity index (χ4v) is 4.69. The van der Waals surface area contributed by atoms with Crippen LogP contribution in [0.3, 0.4) is 0 Å². The van der Waals surface area contributed by atoms with Crippen molar-refractivity contribution in [2.24, 2.45) is 12.8 Å². The maximum atomic E-state index is 13.7. The Labute approximate surface area is 193 Å². The van der Waals surface area contributed by atoms with E-state index in [1.165, 1.54) is 0 Å². The van der Waals surface area contributed by atoms with Crippen LogP contribution >= 0.6 is 0 Å². The van der Waals surface area contributed by atoms with Gasteiger partial charge in [-0.1, -0.05) is 55.1 Å². The number of nitrogens with two attached hydrogens (primary N) is 1. The number of benzene rings is 2. The van der Waals surface area contributed by atoms with Crippen molar-refractivity contribution in [2.75, 3.05) is 7.05 Å². The number of rotatable bonds is 5. The lowest BCUT2D eigenvalue weighted by Crippen LogP contribution is -2.46. The normalized spacial score (nSPS) is 18.9. The molecule has 2 amide bonds. The molecule has 0 saturated carbocycles. The number of amides is 2. The number of carbonyl (C=O) groups is 2. The number of carbonyl (C=O) groups excluding carboxylic acids is 2. The zero-order chi connectivity index (χ0) is 23.7. The molecule has 0 fully saturated rings. The number of nitrogens with zero attached hydrogens (tertiary/aromatic N) is 2. The predicted octanol–water partition coefficient (Wildman–Crippen LogP) is 4.14. The number of allylic oxidation sites excluding steroid dienone is 4. The molecule has 3 aromatic rings. The van der Waals surface area contributed by atoms with E-state index < -0.39 is 12.0 Å². The maximum absolute atomic E-state index is 13.7. The first kappa shape index (κ1) is 22.1. The topological polar surface area (TPSA) is 80.4 Å². The summed E-state index contributed by atoms with van der Waals surface area (Å²) in [6, 6.07) is 14.8. The zero-order valence-electron chi connectivity index (χ0n) is 19.1. The number of fused-ring (bicyclic) bond motifs is 2. The number of hydrogen-bond donors (Lipinski definition) is 2. The van der Waals surface area contributed by atoms with Gasteiger partial charge in [-0.25, -0.2) is 0 Å². The van der Waals surface area contributed by atoms with E-state index >= 15 is 0 Å². The van der Waals surface area contributed by atoms with E-state index in [-0.39, 0.29) is 17.6 Å². The third-order valence-corrected chi connectivity index (χ3v) is 6.14. The van der Waals surface area contributed by atoms with Gasteiger partial charge in [-0.15, -0.1) is 0 Å². The molecule has 6 nitrogen and oxygen atoms in total. The molecular weight excluding hydrogens is 412 g/mol. The largest absolute Gasteiger partial charge is 0.385 e. The molecule has 0 radical (unpaired) electrons. The van der Waals surface area contributed by atoms with Gasteiger partial charge < -0.3 is 20.5 Å². The summed E-state index contributed by atoms with van der Waals surface area (Å²) < 4.78 is 2.02. The highest BCUT2D eigenvalue weighted by Gasteiger charge is 2.43. The van der Waals surface area contributed by atoms with Crippen LogP contribution in [-0.2, 0) is 11.8 Å². The van der Waals surface area contributed by atoms with Crippen LogP contribution in [0.15, 0.2) is 90.9 Å². The molecule has 6 heteroatoms. The predicted molar refractivity (Wildman–Crippen MR) is 131 cm³/mol. The highest BCUT2D eigenvalue weighted by Crippen LogP contribution is 2.44. The Morgan fingerprint density at radius 3 is 2.55 bits per heavy atom. The van der Waals surface area contributed by atoms with Crippen LogP contribution in [0, 0.1) is 0 Å². The molecule has 0 bridgehead atoms. The summed E-state index contributed by atoms with van der Waals surface area (Å²) in [6.45, 7) is 5.56. The number of para-hydroxylation sites is 1. The van der Waals surface area contributed by atoms with Crippen molar-refractivity contribution in [3.63, 3.8) is 0 Å². The number of nitrogens with one attached hydrogen (secondary N) is 1. The van der Waals surface area contributed by atoms with Crippen LogP contribution in [0.4, 0.5) is 0 Å². The molecule has 0 spiro atoms. The molecule has 168 valence electrons. The van der Waals surface area contributed by atoms with E-state index in [0.29, 0.717) is 11.1 Å². The van der Waals surface area contributed by atoms with E-state index in [2.05, 4.69) is 11.9 Å². The lowest BCUT2D eigenvalue weighted by atomic mass is 9.79. The minimum absolute atomic E-state index is 0.110. The van der Waals surface area contributed by atoms with Gasteiger partial charge in [0.05, 0.1) is 12.0 Å². The summed E-state index contributed by atoms with van der Waals surface area (Å²) in [7, 11) is 3.72. The van der Waals surface area contributed by atoms with Crippen LogP contribution in [0.1, 0.15) is 40.4 Å². The van der Waals surface area contributed by atoms with Crippen molar-refractivity contribution in [3.05, 3.63) is 108 Å². The van der Waals surface area contributed by atoms with Crippen LogP contribution < -0.4 is 11.1 Å². The van der Waals surface area contributed by atoms with Gasteiger partial charge in [0.15, 0.2) is 0 Å². The van der Waals surface area contributed by atoms with Gasteiger partial charge in [-0.2, -0.15) is 0 Å². The van der Waals surface area contributed by atoms with E-state index in [0.717, 1.165) is 22.0 Å². The summed E-state index contributed by atoms with van der Waals surface area (Å²) in [6.07, 6.45) is 7.16. The molecule has 2 atom stereocenters. The van der Waals surface area contributed by atoms with Gasteiger partial charge in [0.1, 0.15) is 5.82 Å². The van der Waals surface area contributed by atoms with Gasteiger partial charge in [0.25, 0.3) is 5.91 Å². The van der Waals surface area contributed by atoms with Gasteiger partial charge in [0, 0.05) is 42.3 Å². The second-order valence-corrected chi connectivity index (χ2v) is 8.37. The number of aryl methyl sites for hydroxylation is 1. The number of hydrogen-bond acceptors (Lipinski definition) is 3. The van der Waals surface area contributed by atoms with Gasteiger partial charge >= 0.3 is 0 Å². The van der Waals surface area contributed by atoms with E-state index in [1.54, 1.807) is 36.2 Å². The highest BCUT2D eigenvalue weighted by atomic mass is 16.2. The van der Waals surface area contributed by atoms with Crippen LogP contribution in [-0.4, -0.2) is 28.3 Å². The lowest BCUT2D eigenvalue weighted by Gasteiger charge is -2.39. The molecule has 33 heavy (non-hydrogen) atoms. The minimum Gasteiger partial charge on any atom is -0.385 e. The fourth-order valence-electron chi connectivity index (χ4n) is 4.69. The third kappa shape index (κ3) is 3.96. The molecule has 4 rings (SSSR count). The third-order valence-electron chi connectivity index (χ3n) is 6.14. The Bertz CT molecular complexity index is 1310. The summed E-state index contributed by atoms with van der Waals surface area (Å²) in [5.74, 6) is -0.768. The van der Waals surface area contributed by atoms with Crippen LogP contribution in [0.2, 0.25) is 0 Å². The van der Waals surface area contributed by atoms with Crippen molar-refractivity contribution in [1.82, 2.24) is 14.8 Å². The van der Waals surface area contributed by atoms with E-state index in [1.807, 2.05) is 67.2 Å². The van der Waals surface area contributed by atoms with Crippen molar-refractivity contribution >= 4 is 22.7 Å². The summed E-state index contributed by atoms with van der Waals surface area (Å²) in [5, 5.41) is 3.86. The summed E-state index contributed by atoms with van der Waals surface area (Å²) >= 11 is 0. The highest BCUT2D eigenvalue weighted by molar-refractivity contribution is 6.02. The average Bonchev–Trinajstić information content (AvgIpc) is 3.12. The number of aromatic nitrogens is 1. The molecule has 1 aliphatic heterocycles. The quantitative estimate of drug-likeness (QED) is 0.585. The molecule has 0 saturated heterocycles. The molecule has 2 aromatic carbocycles. The Balaban J connectivity index is 1.85.